The van der Waals surface area contributed by atoms with Gasteiger partial charge in [0.05, 0.1) is 6.54 Å². The second kappa shape index (κ2) is 7.89. The van der Waals surface area contributed by atoms with E-state index in [-0.39, 0.29) is 5.91 Å². The Labute approximate surface area is 151 Å². The van der Waals surface area contributed by atoms with Crippen molar-refractivity contribution in [3.05, 3.63) is 35.9 Å². The lowest BCUT2D eigenvalue weighted by atomic mass is 9.68. The Morgan fingerprint density at radius 2 is 2.04 bits per heavy atom. The second-order valence-electron chi connectivity index (χ2n) is 7.32. The number of guanidine groups is 1. The van der Waals surface area contributed by atoms with Crippen LogP contribution in [0.2, 0.25) is 0 Å². The van der Waals surface area contributed by atoms with Crippen molar-refractivity contribution in [1.82, 2.24) is 15.1 Å². The molecule has 1 saturated carbocycles. The molecule has 1 aliphatic heterocycles. The van der Waals surface area contributed by atoms with E-state index in [1.807, 2.05) is 30.0 Å². The van der Waals surface area contributed by atoms with Crippen LogP contribution in [0.25, 0.3) is 0 Å². The van der Waals surface area contributed by atoms with Gasteiger partial charge in [0.1, 0.15) is 0 Å². The Hall–Kier alpha value is -2.04. The van der Waals surface area contributed by atoms with Crippen molar-refractivity contribution in [3.8, 4) is 0 Å². The molecule has 1 aliphatic carbocycles. The molecule has 5 heteroatoms. The maximum Gasteiger partial charge on any atom is 0.242 e. The van der Waals surface area contributed by atoms with E-state index in [1.165, 1.54) is 25.7 Å². The zero-order valence-electron chi connectivity index (χ0n) is 15.5. The fourth-order valence-corrected chi connectivity index (χ4v) is 3.98. The molecule has 5 nitrogen and oxygen atoms in total. The van der Waals surface area contributed by atoms with Crippen LogP contribution in [0.15, 0.2) is 35.3 Å². The second-order valence-corrected chi connectivity index (χ2v) is 7.32. The Balaban J connectivity index is 1.51. The highest BCUT2D eigenvalue weighted by atomic mass is 16.2. The molecule has 0 unspecified atom stereocenters. The van der Waals surface area contributed by atoms with Crippen LogP contribution in [0, 0.1) is 5.41 Å². The first kappa shape index (κ1) is 17.8. The number of likely N-dealkylation sites (N-methyl/N-ethyl adjacent to an activating group) is 1. The minimum atomic E-state index is 0.116. The molecule has 0 radical (unpaired) electrons. The minimum absolute atomic E-state index is 0.116. The molecule has 2 fully saturated rings. The number of rotatable bonds is 5. The van der Waals surface area contributed by atoms with Crippen molar-refractivity contribution < 1.29 is 4.79 Å². The summed E-state index contributed by atoms with van der Waals surface area (Å²) in [4.78, 5) is 21.2. The number of hydrogen-bond acceptors (Lipinski definition) is 2. The van der Waals surface area contributed by atoms with E-state index in [9.17, 15) is 4.79 Å². The van der Waals surface area contributed by atoms with Crippen LogP contribution >= 0.6 is 0 Å². The molecule has 1 heterocycles. The standard InChI is InChI=1S/C20H30N4O/c1-3-23(15-17-8-5-4-6-9-17)18(25)14-22-19(21-2)24-13-12-20(16-24)10-7-11-20/h4-6,8-9H,3,7,10-16H2,1-2H3,(H,21,22). The summed E-state index contributed by atoms with van der Waals surface area (Å²) in [5, 5.41) is 3.28. The summed E-state index contributed by atoms with van der Waals surface area (Å²) < 4.78 is 0. The maximum atomic E-state index is 12.6. The van der Waals surface area contributed by atoms with E-state index in [2.05, 4.69) is 27.3 Å². The summed E-state index contributed by atoms with van der Waals surface area (Å²) in [6, 6.07) is 10.1. The molecule has 0 bridgehead atoms. The first-order valence-electron chi connectivity index (χ1n) is 9.43. The SMILES string of the molecule is CCN(Cc1ccccc1)C(=O)CNC(=NC)N1CCC2(CCC2)C1. The van der Waals surface area contributed by atoms with Crippen LogP contribution in [-0.2, 0) is 11.3 Å². The van der Waals surface area contributed by atoms with Crippen molar-refractivity contribution in [2.75, 3.05) is 33.2 Å². The lowest BCUT2D eigenvalue weighted by molar-refractivity contribution is -0.130. The monoisotopic (exact) mass is 342 g/mol. The summed E-state index contributed by atoms with van der Waals surface area (Å²) in [6.45, 7) is 5.83. The summed E-state index contributed by atoms with van der Waals surface area (Å²) in [5.41, 5.74) is 1.69. The maximum absolute atomic E-state index is 12.6. The number of likely N-dealkylation sites (tertiary alicyclic amines) is 1. The van der Waals surface area contributed by atoms with Gasteiger partial charge in [-0.15, -0.1) is 0 Å². The van der Waals surface area contributed by atoms with Gasteiger partial charge >= 0.3 is 0 Å². The van der Waals surface area contributed by atoms with Crippen LogP contribution < -0.4 is 5.32 Å². The van der Waals surface area contributed by atoms with Crippen LogP contribution in [0.5, 0.6) is 0 Å². The van der Waals surface area contributed by atoms with E-state index in [0.717, 1.165) is 24.6 Å². The number of nitrogens with zero attached hydrogens (tertiary/aromatic N) is 3. The Morgan fingerprint density at radius 1 is 1.28 bits per heavy atom. The molecule has 1 aromatic carbocycles. The summed E-state index contributed by atoms with van der Waals surface area (Å²) >= 11 is 0. The predicted octanol–water partition coefficient (Wildman–Crippen LogP) is 2.49. The summed E-state index contributed by atoms with van der Waals surface area (Å²) in [5.74, 6) is 0.984. The molecule has 136 valence electrons. The highest BCUT2D eigenvalue weighted by Gasteiger charge is 2.43. The van der Waals surface area contributed by atoms with E-state index >= 15 is 0 Å². The molecule has 0 atom stereocenters. The first-order chi connectivity index (χ1) is 12.2. The van der Waals surface area contributed by atoms with Gasteiger partial charge < -0.3 is 15.1 Å². The van der Waals surface area contributed by atoms with Gasteiger partial charge in [0.15, 0.2) is 5.96 Å². The minimum Gasteiger partial charge on any atom is -0.347 e. The quantitative estimate of drug-likeness (QED) is 0.661. The normalized spacial score (nSPS) is 19.0. The molecule has 1 spiro atoms. The fourth-order valence-electron chi connectivity index (χ4n) is 3.98. The van der Waals surface area contributed by atoms with Gasteiger partial charge in [-0.05, 0) is 37.2 Å². The van der Waals surface area contributed by atoms with E-state index in [1.54, 1.807) is 7.05 Å². The van der Waals surface area contributed by atoms with Crippen LogP contribution in [-0.4, -0.2) is 54.9 Å². The van der Waals surface area contributed by atoms with Crippen molar-refractivity contribution in [1.29, 1.82) is 0 Å². The predicted molar refractivity (Wildman–Crippen MR) is 101 cm³/mol. The third kappa shape index (κ3) is 4.14. The van der Waals surface area contributed by atoms with Crippen molar-refractivity contribution >= 4 is 11.9 Å². The fraction of sp³-hybridized carbons (Fsp3) is 0.600. The molecule has 25 heavy (non-hydrogen) atoms. The summed E-state index contributed by atoms with van der Waals surface area (Å²) in [6.07, 6.45) is 5.32. The molecule has 1 aromatic rings. The Morgan fingerprint density at radius 3 is 2.60 bits per heavy atom. The van der Waals surface area contributed by atoms with Gasteiger partial charge in [-0.2, -0.15) is 0 Å². The molecule has 1 saturated heterocycles. The van der Waals surface area contributed by atoms with Crippen molar-refractivity contribution in [2.45, 2.75) is 39.2 Å². The van der Waals surface area contributed by atoms with Crippen molar-refractivity contribution in [2.24, 2.45) is 10.4 Å². The number of aliphatic imine (C=N–C) groups is 1. The number of carbonyl (C=O) groups excluding carboxylic acids is 1. The average Bonchev–Trinajstić information content (AvgIpc) is 3.07. The van der Waals surface area contributed by atoms with Gasteiger partial charge in [-0.3, -0.25) is 9.79 Å². The molecular formula is C20H30N4O. The molecule has 0 aromatic heterocycles. The zero-order valence-corrected chi connectivity index (χ0v) is 15.5. The lowest BCUT2D eigenvalue weighted by Crippen LogP contribution is -2.46. The Kier molecular flexibility index (Phi) is 5.61. The van der Waals surface area contributed by atoms with E-state index in [4.69, 9.17) is 0 Å². The van der Waals surface area contributed by atoms with Gasteiger partial charge in [0.2, 0.25) is 5.91 Å². The summed E-state index contributed by atoms with van der Waals surface area (Å²) in [7, 11) is 1.81. The third-order valence-electron chi connectivity index (χ3n) is 5.71. The lowest BCUT2D eigenvalue weighted by Gasteiger charge is -2.38. The molecule has 2 aliphatic rings. The number of nitrogens with one attached hydrogen (secondary N) is 1. The average molecular weight is 342 g/mol. The number of benzene rings is 1. The van der Waals surface area contributed by atoms with Crippen LogP contribution in [0.3, 0.4) is 0 Å². The zero-order chi connectivity index (χ0) is 17.7. The van der Waals surface area contributed by atoms with Gasteiger partial charge in [-0.1, -0.05) is 36.8 Å². The molecule has 1 amide bonds. The van der Waals surface area contributed by atoms with Gasteiger partial charge in [-0.25, -0.2) is 0 Å². The number of carbonyl (C=O) groups is 1. The topological polar surface area (TPSA) is 47.9 Å². The first-order valence-corrected chi connectivity index (χ1v) is 9.43. The van der Waals surface area contributed by atoms with E-state index in [0.29, 0.717) is 25.0 Å². The van der Waals surface area contributed by atoms with Gasteiger partial charge in [0, 0.05) is 33.2 Å². The largest absolute Gasteiger partial charge is 0.347 e. The number of amides is 1. The molecule has 3 rings (SSSR count). The van der Waals surface area contributed by atoms with Gasteiger partial charge in [0.25, 0.3) is 0 Å². The van der Waals surface area contributed by atoms with Crippen molar-refractivity contribution in [3.63, 3.8) is 0 Å². The van der Waals surface area contributed by atoms with Crippen LogP contribution in [0.4, 0.5) is 0 Å². The Bertz CT molecular complexity index is 609. The smallest absolute Gasteiger partial charge is 0.242 e. The van der Waals surface area contributed by atoms with E-state index < -0.39 is 0 Å². The number of hydrogen-bond donors (Lipinski definition) is 1. The third-order valence-corrected chi connectivity index (χ3v) is 5.71. The van der Waals surface area contributed by atoms with Crippen LogP contribution in [0.1, 0.15) is 38.2 Å². The molecule has 1 N–H and O–H groups in total. The molecular weight excluding hydrogens is 312 g/mol. The highest BCUT2D eigenvalue weighted by molar-refractivity contribution is 5.86. The highest BCUT2D eigenvalue weighted by Crippen LogP contribution is 2.47.